The molecule has 0 aliphatic rings. The number of rotatable bonds is 8. The van der Waals surface area contributed by atoms with E-state index in [1.54, 1.807) is 0 Å². The molecule has 6 heteroatoms. The van der Waals surface area contributed by atoms with Crippen LogP contribution >= 0.6 is 44.3 Å². The van der Waals surface area contributed by atoms with Gasteiger partial charge in [-0.25, -0.2) is 4.39 Å². The summed E-state index contributed by atoms with van der Waals surface area (Å²) in [6.45, 7) is 2.10. The maximum Gasteiger partial charge on any atom is 0.148 e. The number of ether oxygens (including phenoxy) is 1. The SMILES string of the molecule is Cl.Fc1ccc(CCNCc2cc(Br)c(OCc3ccccc3)c(Br)c2)cc1. The van der Waals surface area contributed by atoms with Crippen LogP contribution in [-0.4, -0.2) is 6.54 Å². The molecule has 0 unspecified atom stereocenters. The number of halogens is 4. The van der Waals surface area contributed by atoms with Gasteiger partial charge in [-0.15, -0.1) is 12.4 Å². The minimum atomic E-state index is -0.198. The molecule has 3 aromatic rings. The Morgan fingerprint density at radius 1 is 0.821 bits per heavy atom. The maximum absolute atomic E-state index is 12.9. The van der Waals surface area contributed by atoms with Crippen LogP contribution < -0.4 is 10.1 Å². The highest BCUT2D eigenvalue weighted by atomic mass is 79.9. The lowest BCUT2D eigenvalue weighted by molar-refractivity contribution is 0.302. The zero-order valence-corrected chi connectivity index (χ0v) is 19.1. The van der Waals surface area contributed by atoms with E-state index in [2.05, 4.69) is 49.3 Å². The molecule has 0 aromatic heterocycles. The lowest BCUT2D eigenvalue weighted by Gasteiger charge is -2.13. The van der Waals surface area contributed by atoms with Gasteiger partial charge in [0.05, 0.1) is 8.95 Å². The van der Waals surface area contributed by atoms with Crippen molar-refractivity contribution in [2.45, 2.75) is 19.6 Å². The van der Waals surface area contributed by atoms with Crippen molar-refractivity contribution in [3.05, 3.63) is 98.2 Å². The lowest BCUT2D eigenvalue weighted by Crippen LogP contribution is -2.16. The van der Waals surface area contributed by atoms with Crippen LogP contribution in [0.2, 0.25) is 0 Å². The van der Waals surface area contributed by atoms with E-state index in [-0.39, 0.29) is 18.2 Å². The van der Waals surface area contributed by atoms with Gasteiger partial charge in [-0.1, -0.05) is 42.5 Å². The fourth-order valence-corrected chi connectivity index (χ4v) is 4.21. The van der Waals surface area contributed by atoms with Crippen molar-refractivity contribution in [2.75, 3.05) is 6.54 Å². The molecular formula is C22H21Br2ClFNO. The lowest BCUT2D eigenvalue weighted by atomic mass is 10.1. The number of hydrogen-bond donors (Lipinski definition) is 1. The molecule has 0 fully saturated rings. The Labute approximate surface area is 188 Å². The van der Waals surface area contributed by atoms with E-state index in [0.717, 1.165) is 50.9 Å². The summed E-state index contributed by atoms with van der Waals surface area (Å²) in [5.74, 6) is 0.602. The monoisotopic (exact) mass is 527 g/mol. The highest BCUT2D eigenvalue weighted by molar-refractivity contribution is 9.11. The van der Waals surface area contributed by atoms with Gasteiger partial charge in [-0.3, -0.25) is 0 Å². The maximum atomic E-state index is 12.9. The van der Waals surface area contributed by atoms with Gasteiger partial charge >= 0.3 is 0 Å². The van der Waals surface area contributed by atoms with Crippen molar-refractivity contribution in [1.82, 2.24) is 5.32 Å². The van der Waals surface area contributed by atoms with Crippen molar-refractivity contribution >= 4 is 44.3 Å². The third-order valence-electron chi connectivity index (χ3n) is 4.12. The molecule has 3 aromatic carbocycles. The van der Waals surface area contributed by atoms with Gasteiger partial charge in [0.25, 0.3) is 0 Å². The Morgan fingerprint density at radius 2 is 1.46 bits per heavy atom. The summed E-state index contributed by atoms with van der Waals surface area (Å²) in [5.41, 5.74) is 3.40. The molecule has 0 aliphatic carbocycles. The van der Waals surface area contributed by atoms with E-state index in [1.165, 1.54) is 12.1 Å². The summed E-state index contributed by atoms with van der Waals surface area (Å²) in [6.07, 6.45) is 0.862. The van der Waals surface area contributed by atoms with Crippen LogP contribution in [0.15, 0.2) is 75.7 Å². The average molecular weight is 530 g/mol. The molecule has 0 atom stereocenters. The van der Waals surface area contributed by atoms with Gasteiger partial charge < -0.3 is 10.1 Å². The van der Waals surface area contributed by atoms with E-state index < -0.39 is 0 Å². The molecule has 28 heavy (non-hydrogen) atoms. The first-order valence-electron chi connectivity index (χ1n) is 8.71. The first kappa shape index (κ1) is 22.9. The van der Waals surface area contributed by atoms with Gasteiger partial charge in [0.15, 0.2) is 0 Å². The summed E-state index contributed by atoms with van der Waals surface area (Å²) in [5, 5.41) is 3.42. The molecule has 0 bridgehead atoms. The molecule has 1 N–H and O–H groups in total. The van der Waals surface area contributed by atoms with E-state index in [1.807, 2.05) is 42.5 Å². The smallest absolute Gasteiger partial charge is 0.148 e. The van der Waals surface area contributed by atoms with E-state index in [9.17, 15) is 4.39 Å². The fourth-order valence-electron chi connectivity index (χ4n) is 2.70. The number of nitrogens with one attached hydrogen (secondary N) is 1. The topological polar surface area (TPSA) is 21.3 Å². The highest BCUT2D eigenvalue weighted by Gasteiger charge is 2.09. The zero-order chi connectivity index (χ0) is 19.1. The van der Waals surface area contributed by atoms with Crippen LogP contribution in [-0.2, 0) is 19.6 Å². The average Bonchev–Trinajstić information content (AvgIpc) is 2.67. The molecule has 0 saturated carbocycles. The molecule has 0 heterocycles. The summed E-state index contributed by atoms with van der Waals surface area (Å²) in [7, 11) is 0. The van der Waals surface area contributed by atoms with Crippen LogP contribution in [0, 0.1) is 5.82 Å². The Bertz CT molecular complexity index is 852. The molecular weight excluding hydrogens is 509 g/mol. The molecule has 148 valence electrons. The van der Waals surface area contributed by atoms with Gasteiger partial charge in [-0.2, -0.15) is 0 Å². The quantitative estimate of drug-likeness (QED) is 0.329. The Kier molecular flexibility index (Phi) is 9.45. The second-order valence-corrected chi connectivity index (χ2v) is 7.92. The minimum Gasteiger partial charge on any atom is -0.487 e. The number of benzene rings is 3. The first-order valence-corrected chi connectivity index (χ1v) is 10.3. The minimum absolute atomic E-state index is 0. The van der Waals surface area contributed by atoms with Crippen LogP contribution in [0.25, 0.3) is 0 Å². The van der Waals surface area contributed by atoms with E-state index >= 15 is 0 Å². The summed E-state index contributed by atoms with van der Waals surface area (Å²) in [4.78, 5) is 0. The molecule has 3 rings (SSSR count). The predicted octanol–water partition coefficient (Wildman–Crippen LogP) is 6.68. The second-order valence-electron chi connectivity index (χ2n) is 6.22. The Morgan fingerprint density at radius 3 is 2.11 bits per heavy atom. The number of hydrogen-bond acceptors (Lipinski definition) is 2. The van der Waals surface area contributed by atoms with Gasteiger partial charge in [0, 0.05) is 6.54 Å². The zero-order valence-electron chi connectivity index (χ0n) is 15.1. The van der Waals surface area contributed by atoms with Crippen LogP contribution in [0.3, 0.4) is 0 Å². The van der Waals surface area contributed by atoms with E-state index in [0.29, 0.717) is 6.61 Å². The van der Waals surface area contributed by atoms with Gasteiger partial charge in [-0.05, 0) is 85.8 Å². The van der Waals surface area contributed by atoms with E-state index in [4.69, 9.17) is 4.74 Å². The van der Waals surface area contributed by atoms with Gasteiger partial charge in [0.1, 0.15) is 18.2 Å². The molecule has 0 radical (unpaired) electrons. The Hall–Kier alpha value is -1.40. The summed E-state index contributed by atoms with van der Waals surface area (Å²) in [6, 6.07) is 20.9. The van der Waals surface area contributed by atoms with Crippen LogP contribution in [0.4, 0.5) is 4.39 Å². The largest absolute Gasteiger partial charge is 0.487 e. The Balaban J connectivity index is 0.00000280. The molecule has 2 nitrogen and oxygen atoms in total. The normalized spacial score (nSPS) is 10.4. The third kappa shape index (κ3) is 6.89. The third-order valence-corrected chi connectivity index (χ3v) is 5.29. The second kappa shape index (κ2) is 11.6. The van der Waals surface area contributed by atoms with Crippen molar-refractivity contribution in [1.29, 1.82) is 0 Å². The van der Waals surface area contributed by atoms with Crippen molar-refractivity contribution in [2.24, 2.45) is 0 Å². The molecule has 0 aliphatic heterocycles. The fraction of sp³-hybridized carbons (Fsp3) is 0.182. The predicted molar refractivity (Wildman–Crippen MR) is 122 cm³/mol. The van der Waals surface area contributed by atoms with Gasteiger partial charge in [0.2, 0.25) is 0 Å². The summed E-state index contributed by atoms with van der Waals surface area (Å²) >= 11 is 7.21. The van der Waals surface area contributed by atoms with Crippen molar-refractivity contribution < 1.29 is 9.13 Å². The van der Waals surface area contributed by atoms with Crippen molar-refractivity contribution in [3.63, 3.8) is 0 Å². The molecule has 0 spiro atoms. The van der Waals surface area contributed by atoms with Crippen molar-refractivity contribution in [3.8, 4) is 5.75 Å². The summed E-state index contributed by atoms with van der Waals surface area (Å²) < 4.78 is 20.7. The first-order chi connectivity index (χ1) is 13.1. The van der Waals surface area contributed by atoms with Crippen LogP contribution in [0.5, 0.6) is 5.75 Å². The standard InChI is InChI=1S/C22H20Br2FNO.ClH/c23-20-12-18(14-26-11-10-16-6-8-19(25)9-7-16)13-21(24)22(20)27-15-17-4-2-1-3-5-17;/h1-9,12-13,26H,10-11,14-15H2;1H. The highest BCUT2D eigenvalue weighted by Crippen LogP contribution is 2.35. The molecule has 0 amide bonds. The molecule has 0 saturated heterocycles. The van der Waals surface area contributed by atoms with Crippen LogP contribution in [0.1, 0.15) is 16.7 Å².